The fraction of sp³-hybridized carbons (Fsp3) is 0.900. The zero-order chi connectivity index (χ0) is 10.4. The van der Waals surface area contributed by atoms with Crippen LogP contribution in [0.5, 0.6) is 0 Å². The van der Waals surface area contributed by atoms with E-state index in [9.17, 15) is 4.79 Å². The van der Waals surface area contributed by atoms with Gasteiger partial charge in [-0.05, 0) is 38.8 Å². The Morgan fingerprint density at radius 2 is 2.50 bits per heavy atom. The van der Waals surface area contributed by atoms with E-state index in [1.54, 1.807) is 6.92 Å². The van der Waals surface area contributed by atoms with Crippen molar-refractivity contribution in [2.45, 2.75) is 32.3 Å². The largest absolute Gasteiger partial charge is 0.392 e. The number of nitrogens with one attached hydrogen (secondary N) is 2. The summed E-state index contributed by atoms with van der Waals surface area (Å²) in [6.07, 6.45) is 2.27. The van der Waals surface area contributed by atoms with Gasteiger partial charge in [-0.3, -0.25) is 4.79 Å². The Morgan fingerprint density at radius 1 is 1.71 bits per heavy atom. The van der Waals surface area contributed by atoms with Crippen molar-refractivity contribution in [3.8, 4) is 0 Å². The molecule has 1 aliphatic rings. The van der Waals surface area contributed by atoms with Gasteiger partial charge >= 0.3 is 0 Å². The summed E-state index contributed by atoms with van der Waals surface area (Å²) in [5.41, 5.74) is 0. The average Bonchev–Trinajstić information content (AvgIpc) is 2.63. The minimum absolute atomic E-state index is 0.0535. The molecule has 1 saturated heterocycles. The second-order valence-corrected chi connectivity index (χ2v) is 4.05. The highest BCUT2D eigenvalue weighted by molar-refractivity contribution is 5.75. The lowest BCUT2D eigenvalue weighted by atomic mass is 10.0. The Morgan fingerprint density at radius 3 is 3.07 bits per heavy atom. The molecule has 1 amide bonds. The van der Waals surface area contributed by atoms with Crippen LogP contribution in [0.3, 0.4) is 0 Å². The summed E-state index contributed by atoms with van der Waals surface area (Å²) in [6.45, 7) is 4.16. The standard InChI is InChI=1S/C10H20N2O2/c1-8(13)6-12-10(14)3-2-9-4-5-11-7-9/h8-9,11,13H,2-7H2,1H3,(H,12,14)/t8-,9?/m1/s1. The third-order valence-electron chi connectivity index (χ3n) is 2.54. The zero-order valence-electron chi connectivity index (χ0n) is 8.75. The minimum atomic E-state index is -0.452. The summed E-state index contributed by atoms with van der Waals surface area (Å²) in [5.74, 6) is 0.713. The quantitative estimate of drug-likeness (QED) is 0.579. The highest BCUT2D eigenvalue weighted by atomic mass is 16.3. The molecule has 0 aromatic rings. The Kier molecular flexibility index (Phi) is 4.90. The van der Waals surface area contributed by atoms with Crippen LogP contribution in [0.15, 0.2) is 0 Å². The first-order valence-electron chi connectivity index (χ1n) is 5.34. The molecule has 4 nitrogen and oxygen atoms in total. The van der Waals surface area contributed by atoms with Gasteiger partial charge in [0.2, 0.25) is 5.91 Å². The van der Waals surface area contributed by atoms with E-state index in [0.717, 1.165) is 19.5 Å². The summed E-state index contributed by atoms with van der Waals surface area (Å²) in [7, 11) is 0. The number of hydrogen-bond acceptors (Lipinski definition) is 3. The van der Waals surface area contributed by atoms with Crippen LogP contribution in [-0.2, 0) is 4.79 Å². The fourth-order valence-electron chi connectivity index (χ4n) is 1.65. The zero-order valence-corrected chi connectivity index (χ0v) is 8.75. The average molecular weight is 200 g/mol. The van der Waals surface area contributed by atoms with E-state index in [-0.39, 0.29) is 5.91 Å². The lowest BCUT2D eigenvalue weighted by molar-refractivity contribution is -0.121. The molecule has 1 rings (SSSR count). The van der Waals surface area contributed by atoms with E-state index in [2.05, 4.69) is 10.6 Å². The Balaban J connectivity index is 2.02. The summed E-state index contributed by atoms with van der Waals surface area (Å²) >= 11 is 0. The molecule has 4 heteroatoms. The smallest absolute Gasteiger partial charge is 0.220 e. The maximum absolute atomic E-state index is 11.3. The second kappa shape index (κ2) is 5.98. The molecule has 0 aromatic heterocycles. The van der Waals surface area contributed by atoms with E-state index in [0.29, 0.717) is 18.9 Å². The monoisotopic (exact) mass is 200 g/mol. The molecule has 0 spiro atoms. The van der Waals surface area contributed by atoms with Gasteiger partial charge in [-0.2, -0.15) is 0 Å². The lowest BCUT2D eigenvalue weighted by Crippen LogP contribution is -2.30. The maximum atomic E-state index is 11.3. The van der Waals surface area contributed by atoms with Crippen LogP contribution in [-0.4, -0.2) is 36.8 Å². The van der Waals surface area contributed by atoms with Crippen LogP contribution < -0.4 is 10.6 Å². The molecule has 2 atom stereocenters. The van der Waals surface area contributed by atoms with Gasteiger partial charge in [0.1, 0.15) is 0 Å². The van der Waals surface area contributed by atoms with Gasteiger partial charge in [0, 0.05) is 13.0 Å². The Bertz CT molecular complexity index is 177. The van der Waals surface area contributed by atoms with Gasteiger partial charge in [-0.15, -0.1) is 0 Å². The highest BCUT2D eigenvalue weighted by Crippen LogP contribution is 2.13. The SMILES string of the molecule is C[C@@H](O)CNC(=O)CCC1CCNC1. The number of hydrogen-bond donors (Lipinski definition) is 3. The minimum Gasteiger partial charge on any atom is -0.392 e. The van der Waals surface area contributed by atoms with Crippen molar-refractivity contribution in [1.82, 2.24) is 10.6 Å². The van der Waals surface area contributed by atoms with Crippen molar-refractivity contribution in [3.63, 3.8) is 0 Å². The predicted octanol–water partition coefficient (Wildman–Crippen LogP) is -0.127. The number of rotatable bonds is 5. The number of aliphatic hydroxyl groups excluding tert-OH is 1. The van der Waals surface area contributed by atoms with Crippen molar-refractivity contribution in [3.05, 3.63) is 0 Å². The van der Waals surface area contributed by atoms with Crippen LogP contribution in [0.25, 0.3) is 0 Å². The van der Waals surface area contributed by atoms with Crippen LogP contribution in [0, 0.1) is 5.92 Å². The van der Waals surface area contributed by atoms with Gasteiger partial charge in [0.15, 0.2) is 0 Å². The molecule has 0 aliphatic carbocycles. The van der Waals surface area contributed by atoms with Gasteiger partial charge in [-0.25, -0.2) is 0 Å². The molecule has 1 unspecified atom stereocenters. The number of aliphatic hydroxyl groups is 1. The molecule has 0 aromatic carbocycles. The highest BCUT2D eigenvalue weighted by Gasteiger charge is 2.15. The third-order valence-corrected chi connectivity index (χ3v) is 2.54. The first kappa shape index (κ1) is 11.5. The van der Waals surface area contributed by atoms with Crippen molar-refractivity contribution < 1.29 is 9.90 Å². The molecule has 0 saturated carbocycles. The number of amides is 1. The van der Waals surface area contributed by atoms with E-state index < -0.39 is 6.10 Å². The van der Waals surface area contributed by atoms with Gasteiger partial charge < -0.3 is 15.7 Å². The molecule has 3 N–H and O–H groups in total. The van der Waals surface area contributed by atoms with Crippen LogP contribution in [0.2, 0.25) is 0 Å². The first-order chi connectivity index (χ1) is 6.68. The molecule has 0 bridgehead atoms. The van der Waals surface area contributed by atoms with Crippen LogP contribution in [0.4, 0.5) is 0 Å². The molecule has 1 fully saturated rings. The van der Waals surface area contributed by atoms with E-state index in [1.165, 1.54) is 6.42 Å². The van der Waals surface area contributed by atoms with Gasteiger partial charge in [0.05, 0.1) is 6.10 Å². The van der Waals surface area contributed by atoms with E-state index in [1.807, 2.05) is 0 Å². The molecular weight excluding hydrogens is 180 g/mol. The normalized spacial score (nSPS) is 23.4. The lowest BCUT2D eigenvalue weighted by Gasteiger charge is -2.09. The van der Waals surface area contributed by atoms with Gasteiger partial charge in [-0.1, -0.05) is 0 Å². The summed E-state index contributed by atoms with van der Waals surface area (Å²) < 4.78 is 0. The summed E-state index contributed by atoms with van der Waals surface area (Å²) in [6, 6.07) is 0. The summed E-state index contributed by atoms with van der Waals surface area (Å²) in [4.78, 5) is 11.3. The Hall–Kier alpha value is -0.610. The predicted molar refractivity (Wildman–Crippen MR) is 54.9 cm³/mol. The van der Waals surface area contributed by atoms with Crippen LogP contribution >= 0.6 is 0 Å². The van der Waals surface area contributed by atoms with Gasteiger partial charge in [0.25, 0.3) is 0 Å². The fourth-order valence-corrected chi connectivity index (χ4v) is 1.65. The molecule has 82 valence electrons. The van der Waals surface area contributed by atoms with Crippen molar-refractivity contribution in [1.29, 1.82) is 0 Å². The van der Waals surface area contributed by atoms with E-state index >= 15 is 0 Å². The summed E-state index contributed by atoms with van der Waals surface area (Å²) in [5, 5.41) is 14.9. The van der Waals surface area contributed by atoms with Crippen molar-refractivity contribution in [2.24, 2.45) is 5.92 Å². The molecule has 1 aliphatic heterocycles. The molecule has 0 radical (unpaired) electrons. The second-order valence-electron chi connectivity index (χ2n) is 4.05. The number of carbonyl (C=O) groups excluding carboxylic acids is 1. The van der Waals surface area contributed by atoms with Crippen molar-refractivity contribution in [2.75, 3.05) is 19.6 Å². The Labute approximate surface area is 85.1 Å². The third kappa shape index (κ3) is 4.58. The molecule has 1 heterocycles. The molecule has 14 heavy (non-hydrogen) atoms. The maximum Gasteiger partial charge on any atom is 0.220 e. The topological polar surface area (TPSA) is 61.4 Å². The van der Waals surface area contributed by atoms with Crippen LogP contribution in [0.1, 0.15) is 26.2 Å². The van der Waals surface area contributed by atoms with Crippen molar-refractivity contribution >= 4 is 5.91 Å². The first-order valence-corrected chi connectivity index (χ1v) is 5.34. The number of carbonyl (C=O) groups is 1. The molecular formula is C10H20N2O2. The van der Waals surface area contributed by atoms with E-state index in [4.69, 9.17) is 5.11 Å².